The average Bonchev–Trinajstić information content (AvgIpc) is 3.27. The maximum Gasteiger partial charge on any atom is 0.416 e. The number of rotatable bonds is 3. The van der Waals surface area contributed by atoms with Gasteiger partial charge < -0.3 is 21.5 Å². The second kappa shape index (κ2) is 11.0. The topological polar surface area (TPSA) is 139 Å². The Kier molecular flexibility index (Phi) is 8.62. The zero-order valence-electron chi connectivity index (χ0n) is 17.5. The highest BCUT2D eigenvalue weighted by Crippen LogP contribution is 2.40. The summed E-state index contributed by atoms with van der Waals surface area (Å²) in [6.45, 7) is 0.651. The van der Waals surface area contributed by atoms with Crippen LogP contribution in [0.3, 0.4) is 0 Å². The van der Waals surface area contributed by atoms with Crippen LogP contribution in [0.2, 0.25) is 0 Å². The predicted molar refractivity (Wildman–Crippen MR) is 111 cm³/mol. The standard InChI is InChI=1S/C20H25F3N4O2.CH2O2/c21-20(22,23)16-11-14(17(28)26-19(24)25)5-6-15(16)12-7-9-27(10-8-12)18(29)13-3-1-2-4-13;2-1-3/h5-6,11-13H,1-4,7-10H2,(H4,24,25,26,28);1H,(H,2,3). The molecular weight excluding hydrogens is 429 g/mol. The molecule has 1 saturated carbocycles. The number of hydrogen-bond acceptors (Lipinski definition) is 3. The first-order chi connectivity index (χ1) is 15.1. The lowest BCUT2D eigenvalue weighted by Gasteiger charge is -2.34. The molecule has 0 atom stereocenters. The molecule has 176 valence electrons. The number of guanidine groups is 1. The fraction of sp³-hybridized carbons (Fsp3) is 0.524. The molecule has 0 radical (unpaired) electrons. The second-order valence-electron chi connectivity index (χ2n) is 7.83. The molecule has 1 aromatic rings. The van der Waals surface area contributed by atoms with Crippen molar-refractivity contribution >= 4 is 24.2 Å². The van der Waals surface area contributed by atoms with Gasteiger partial charge in [0.2, 0.25) is 5.91 Å². The van der Waals surface area contributed by atoms with E-state index in [1.54, 1.807) is 4.90 Å². The number of benzene rings is 1. The van der Waals surface area contributed by atoms with Crippen molar-refractivity contribution in [1.82, 2.24) is 4.90 Å². The number of alkyl halides is 3. The van der Waals surface area contributed by atoms with Gasteiger partial charge in [-0.3, -0.25) is 14.4 Å². The molecule has 1 heterocycles. The van der Waals surface area contributed by atoms with Crippen LogP contribution in [0.5, 0.6) is 0 Å². The summed E-state index contributed by atoms with van der Waals surface area (Å²) >= 11 is 0. The van der Waals surface area contributed by atoms with E-state index in [4.69, 9.17) is 21.4 Å². The zero-order chi connectivity index (χ0) is 23.9. The highest BCUT2D eigenvalue weighted by Gasteiger charge is 2.37. The van der Waals surface area contributed by atoms with Gasteiger partial charge in [-0.2, -0.15) is 18.2 Å². The third-order valence-electron chi connectivity index (χ3n) is 5.79. The number of carbonyl (C=O) groups is 3. The predicted octanol–water partition coefficient (Wildman–Crippen LogP) is 2.72. The Hall–Kier alpha value is -3.11. The molecule has 2 fully saturated rings. The first kappa shape index (κ1) is 25.2. The van der Waals surface area contributed by atoms with Gasteiger partial charge >= 0.3 is 6.18 Å². The van der Waals surface area contributed by atoms with E-state index in [9.17, 15) is 22.8 Å². The Bertz CT molecular complexity index is 855. The molecular formula is C21H27F3N4O4. The van der Waals surface area contributed by atoms with Crippen LogP contribution in [0.1, 0.15) is 65.9 Å². The number of nitrogens with two attached hydrogens (primary N) is 2. The highest BCUT2D eigenvalue weighted by atomic mass is 19.4. The average molecular weight is 456 g/mol. The summed E-state index contributed by atoms with van der Waals surface area (Å²) < 4.78 is 41.0. The summed E-state index contributed by atoms with van der Waals surface area (Å²) in [5.41, 5.74) is 9.35. The van der Waals surface area contributed by atoms with Gasteiger partial charge in [-0.05, 0) is 49.3 Å². The molecule has 2 aliphatic rings. The smallest absolute Gasteiger partial charge is 0.416 e. The van der Waals surface area contributed by atoms with E-state index in [0.717, 1.165) is 31.7 Å². The van der Waals surface area contributed by atoms with Gasteiger partial charge in [0, 0.05) is 24.6 Å². The fourth-order valence-electron chi connectivity index (χ4n) is 4.31. The Morgan fingerprint density at radius 2 is 1.66 bits per heavy atom. The quantitative estimate of drug-likeness (QED) is 0.363. The third kappa shape index (κ3) is 6.44. The minimum atomic E-state index is -4.61. The normalized spacial score (nSPS) is 17.3. The third-order valence-corrected chi connectivity index (χ3v) is 5.79. The number of amides is 2. The first-order valence-corrected chi connectivity index (χ1v) is 10.3. The van der Waals surface area contributed by atoms with Crippen LogP contribution in [-0.2, 0) is 15.8 Å². The van der Waals surface area contributed by atoms with Gasteiger partial charge in [0.05, 0.1) is 5.56 Å². The lowest BCUT2D eigenvalue weighted by molar-refractivity contribution is -0.139. The maximum atomic E-state index is 13.7. The van der Waals surface area contributed by atoms with E-state index >= 15 is 0 Å². The first-order valence-electron chi connectivity index (χ1n) is 10.3. The van der Waals surface area contributed by atoms with Gasteiger partial charge in [-0.15, -0.1) is 0 Å². The number of carbonyl (C=O) groups excluding carboxylic acids is 2. The van der Waals surface area contributed by atoms with E-state index in [1.165, 1.54) is 12.1 Å². The highest BCUT2D eigenvalue weighted by molar-refractivity contribution is 6.02. The van der Waals surface area contributed by atoms with Crippen LogP contribution in [0, 0.1) is 5.92 Å². The molecule has 32 heavy (non-hydrogen) atoms. The number of likely N-dealkylation sites (tertiary alicyclic amines) is 1. The van der Waals surface area contributed by atoms with Crippen molar-refractivity contribution in [2.24, 2.45) is 22.4 Å². The van der Waals surface area contributed by atoms with Crippen LogP contribution >= 0.6 is 0 Å². The van der Waals surface area contributed by atoms with Crippen molar-refractivity contribution in [2.45, 2.75) is 50.6 Å². The van der Waals surface area contributed by atoms with Gasteiger partial charge in [-0.1, -0.05) is 18.9 Å². The summed E-state index contributed by atoms with van der Waals surface area (Å²) in [5, 5.41) is 6.89. The molecule has 1 aliphatic carbocycles. The van der Waals surface area contributed by atoms with Gasteiger partial charge in [-0.25, -0.2) is 0 Å². The van der Waals surface area contributed by atoms with Crippen molar-refractivity contribution in [3.8, 4) is 0 Å². The van der Waals surface area contributed by atoms with Crippen LogP contribution in [-0.4, -0.2) is 47.3 Å². The SMILES string of the molecule is NC(N)=NC(=O)c1ccc(C2CCN(C(=O)C3CCCC3)CC2)c(C(F)(F)F)c1.O=CO. The molecule has 1 aromatic carbocycles. The second-order valence-corrected chi connectivity index (χ2v) is 7.83. The lowest BCUT2D eigenvalue weighted by Crippen LogP contribution is -2.41. The molecule has 3 rings (SSSR count). The van der Waals surface area contributed by atoms with Crippen molar-refractivity contribution in [3.05, 3.63) is 34.9 Å². The molecule has 1 saturated heterocycles. The summed E-state index contributed by atoms with van der Waals surface area (Å²) in [4.78, 5) is 37.9. The minimum Gasteiger partial charge on any atom is -0.483 e. The summed E-state index contributed by atoms with van der Waals surface area (Å²) in [7, 11) is 0. The molecule has 11 heteroatoms. The molecule has 0 aromatic heterocycles. The zero-order valence-corrected chi connectivity index (χ0v) is 17.5. The van der Waals surface area contributed by atoms with Crippen molar-refractivity contribution in [2.75, 3.05) is 13.1 Å². The van der Waals surface area contributed by atoms with E-state index < -0.39 is 23.6 Å². The van der Waals surface area contributed by atoms with Gasteiger partial charge in [0.25, 0.3) is 12.4 Å². The molecule has 1 aliphatic heterocycles. The Balaban J connectivity index is 0.00000114. The van der Waals surface area contributed by atoms with Gasteiger partial charge in [0.1, 0.15) is 0 Å². The molecule has 5 N–H and O–H groups in total. The summed E-state index contributed by atoms with van der Waals surface area (Å²) in [6, 6.07) is 3.45. The Labute approximate surface area is 183 Å². The van der Waals surface area contributed by atoms with Crippen LogP contribution in [0.4, 0.5) is 13.2 Å². The number of carboxylic acid groups (broad SMARTS) is 1. The lowest BCUT2D eigenvalue weighted by atomic mass is 9.85. The molecule has 2 amide bonds. The molecule has 0 unspecified atom stereocenters. The number of hydrogen-bond donors (Lipinski definition) is 3. The monoisotopic (exact) mass is 456 g/mol. The molecule has 8 nitrogen and oxygen atoms in total. The van der Waals surface area contributed by atoms with E-state index in [-0.39, 0.29) is 35.3 Å². The van der Waals surface area contributed by atoms with E-state index in [2.05, 4.69) is 4.99 Å². The van der Waals surface area contributed by atoms with Crippen molar-refractivity contribution in [1.29, 1.82) is 0 Å². The molecule has 0 bridgehead atoms. The number of piperidine rings is 1. The van der Waals surface area contributed by atoms with Crippen LogP contribution in [0.15, 0.2) is 23.2 Å². The van der Waals surface area contributed by atoms with Crippen molar-refractivity contribution < 1.29 is 32.7 Å². The minimum absolute atomic E-state index is 0.0677. The fourth-order valence-corrected chi connectivity index (χ4v) is 4.31. The number of halogens is 3. The maximum absolute atomic E-state index is 13.7. The van der Waals surface area contributed by atoms with Crippen molar-refractivity contribution in [3.63, 3.8) is 0 Å². The Morgan fingerprint density at radius 1 is 1.09 bits per heavy atom. The van der Waals surface area contributed by atoms with E-state index in [1.807, 2.05) is 0 Å². The van der Waals surface area contributed by atoms with Gasteiger partial charge in [0.15, 0.2) is 5.96 Å². The number of aliphatic imine (C=N–C) groups is 1. The summed E-state index contributed by atoms with van der Waals surface area (Å²) in [6.07, 6.45) is 0.246. The van der Waals surface area contributed by atoms with Crippen LogP contribution in [0.25, 0.3) is 0 Å². The number of nitrogens with zero attached hydrogens (tertiary/aromatic N) is 2. The largest absolute Gasteiger partial charge is 0.483 e. The summed E-state index contributed by atoms with van der Waals surface area (Å²) in [5.74, 6) is -1.55. The molecule has 0 spiro atoms. The Morgan fingerprint density at radius 3 is 2.16 bits per heavy atom. The van der Waals surface area contributed by atoms with E-state index in [0.29, 0.717) is 25.9 Å². The van der Waals surface area contributed by atoms with Crippen LogP contribution < -0.4 is 11.5 Å².